The van der Waals surface area contributed by atoms with Crippen LogP contribution < -0.4 is 0 Å². The van der Waals surface area contributed by atoms with Crippen LogP contribution in [0, 0.1) is 32.1 Å². The Balaban J connectivity index is 2.18. The van der Waals surface area contributed by atoms with Crippen LogP contribution in [-0.2, 0) is 4.79 Å². The minimum atomic E-state index is -1.47. The van der Waals surface area contributed by atoms with Gasteiger partial charge < -0.3 is 0 Å². The first-order valence-electron chi connectivity index (χ1n) is 5.26. The maximum atomic E-state index is 11.7. The van der Waals surface area contributed by atoms with Crippen LogP contribution in [0.2, 0.25) is 0 Å². The Bertz CT molecular complexity index is 382. The highest BCUT2D eigenvalue weighted by Gasteiger charge is 2.84. The molecule has 0 aromatic heterocycles. The van der Waals surface area contributed by atoms with E-state index < -0.39 is 32.8 Å². The third-order valence-corrected chi connectivity index (χ3v) is 4.71. The summed E-state index contributed by atoms with van der Waals surface area (Å²) in [6.45, 7) is 0. The first-order chi connectivity index (χ1) is 7.43. The summed E-state index contributed by atoms with van der Waals surface area (Å²) in [6.07, 6.45) is 0.263. The van der Waals surface area contributed by atoms with Crippen molar-refractivity contribution < 1.29 is 14.6 Å². The zero-order valence-corrected chi connectivity index (χ0v) is 8.42. The average Bonchev–Trinajstić information content (AvgIpc) is 2.60. The normalized spacial score (nSPS) is 48.6. The van der Waals surface area contributed by atoms with Crippen LogP contribution in [0.1, 0.15) is 25.7 Å². The molecule has 4 aliphatic rings. The van der Waals surface area contributed by atoms with E-state index in [1.807, 2.05) is 0 Å². The third-order valence-electron chi connectivity index (χ3n) is 4.71. The minimum absolute atomic E-state index is 0.00690. The second-order valence-corrected chi connectivity index (χ2v) is 5.19. The molecule has 0 unspecified atom stereocenters. The highest BCUT2D eigenvalue weighted by molar-refractivity contribution is 5.87. The standard InChI is InChI=1S/C9H10N2O5/c12-7-5-1-8(10(13)14)3-6(7)4-9(8,2-5)11(15)16/h5-6H,1-4H2. The Morgan fingerprint density at radius 2 is 1.25 bits per heavy atom. The van der Waals surface area contributed by atoms with E-state index in [0.29, 0.717) is 0 Å². The van der Waals surface area contributed by atoms with Crippen LogP contribution in [0.15, 0.2) is 0 Å². The van der Waals surface area contributed by atoms with Crippen LogP contribution in [-0.4, -0.2) is 26.7 Å². The van der Waals surface area contributed by atoms with Gasteiger partial charge in [0.25, 0.3) is 11.1 Å². The molecule has 0 aromatic rings. The van der Waals surface area contributed by atoms with Crippen LogP contribution >= 0.6 is 0 Å². The second-order valence-electron chi connectivity index (χ2n) is 5.19. The summed E-state index contributed by atoms with van der Waals surface area (Å²) in [7, 11) is 0. The van der Waals surface area contributed by atoms with Crippen molar-refractivity contribution >= 4 is 5.78 Å². The zero-order valence-electron chi connectivity index (χ0n) is 8.42. The molecule has 4 saturated carbocycles. The molecule has 86 valence electrons. The lowest BCUT2D eigenvalue weighted by Gasteiger charge is -2.24. The van der Waals surface area contributed by atoms with Crippen molar-refractivity contribution in [2.45, 2.75) is 36.8 Å². The van der Waals surface area contributed by atoms with Gasteiger partial charge in [0.15, 0.2) is 0 Å². The van der Waals surface area contributed by atoms with Crippen molar-refractivity contribution in [2.75, 3.05) is 0 Å². The summed E-state index contributed by atoms with van der Waals surface area (Å²) in [5, 5.41) is 22.4. The van der Waals surface area contributed by atoms with Gasteiger partial charge >= 0.3 is 0 Å². The fourth-order valence-electron chi connectivity index (χ4n) is 4.08. The van der Waals surface area contributed by atoms with Gasteiger partial charge in [0.05, 0.1) is 0 Å². The van der Waals surface area contributed by atoms with Gasteiger partial charge in [0.1, 0.15) is 5.78 Å². The molecular formula is C9H10N2O5. The maximum Gasteiger partial charge on any atom is 0.291 e. The number of hydrogen-bond donors (Lipinski definition) is 0. The minimum Gasteiger partial charge on any atom is -0.299 e. The molecule has 7 heteroatoms. The summed E-state index contributed by atoms with van der Waals surface area (Å²) in [5.41, 5.74) is -2.94. The Morgan fingerprint density at radius 1 is 0.938 bits per heavy atom. The van der Waals surface area contributed by atoms with Gasteiger partial charge in [-0.05, 0) is 0 Å². The molecule has 4 fully saturated rings. The number of nitro groups is 2. The molecule has 0 saturated heterocycles. The fourth-order valence-corrected chi connectivity index (χ4v) is 4.08. The summed E-state index contributed by atoms with van der Waals surface area (Å²) in [6, 6.07) is 0. The molecule has 0 spiro atoms. The topological polar surface area (TPSA) is 103 Å². The second kappa shape index (κ2) is 2.41. The van der Waals surface area contributed by atoms with Gasteiger partial charge in [0.2, 0.25) is 0 Å². The molecular weight excluding hydrogens is 216 g/mol. The number of rotatable bonds is 2. The molecule has 7 nitrogen and oxygen atoms in total. The Hall–Kier alpha value is -1.53. The molecule has 0 N–H and O–H groups in total. The first kappa shape index (κ1) is 9.68. The van der Waals surface area contributed by atoms with Crippen molar-refractivity contribution in [2.24, 2.45) is 11.8 Å². The van der Waals surface area contributed by atoms with E-state index in [-0.39, 0.29) is 31.5 Å². The third kappa shape index (κ3) is 0.728. The number of nitrogens with zero attached hydrogens (tertiary/aromatic N) is 2. The van der Waals surface area contributed by atoms with Gasteiger partial charge in [-0.1, -0.05) is 0 Å². The van der Waals surface area contributed by atoms with Crippen LogP contribution in [0.5, 0.6) is 0 Å². The molecule has 4 rings (SSSR count). The van der Waals surface area contributed by atoms with Crippen molar-refractivity contribution in [3.63, 3.8) is 0 Å². The average molecular weight is 226 g/mol. The van der Waals surface area contributed by atoms with E-state index in [1.54, 1.807) is 0 Å². The maximum absolute atomic E-state index is 11.7. The van der Waals surface area contributed by atoms with Crippen LogP contribution in [0.4, 0.5) is 0 Å². The number of hydrogen-bond acceptors (Lipinski definition) is 5. The lowest BCUT2D eigenvalue weighted by molar-refractivity contribution is -0.673. The molecule has 0 atom stereocenters. The van der Waals surface area contributed by atoms with Crippen LogP contribution in [0.3, 0.4) is 0 Å². The lowest BCUT2D eigenvalue weighted by Crippen LogP contribution is -2.55. The van der Waals surface area contributed by atoms with Crippen molar-refractivity contribution in [1.29, 1.82) is 0 Å². The quantitative estimate of drug-likeness (QED) is 0.501. The fraction of sp³-hybridized carbons (Fsp3) is 0.889. The monoisotopic (exact) mass is 226 g/mol. The predicted octanol–water partition coefficient (Wildman–Crippen LogP) is 0.420. The lowest BCUT2D eigenvalue weighted by atomic mass is 9.79. The molecule has 0 radical (unpaired) electrons. The Kier molecular flexibility index (Phi) is 1.46. The molecule has 0 heterocycles. The van der Waals surface area contributed by atoms with Crippen LogP contribution in [0.25, 0.3) is 0 Å². The largest absolute Gasteiger partial charge is 0.299 e. The highest BCUT2D eigenvalue weighted by atomic mass is 16.7. The highest BCUT2D eigenvalue weighted by Crippen LogP contribution is 2.63. The molecule has 4 bridgehead atoms. The molecule has 16 heavy (non-hydrogen) atoms. The van der Waals surface area contributed by atoms with Crippen molar-refractivity contribution in [1.82, 2.24) is 0 Å². The van der Waals surface area contributed by atoms with E-state index in [1.165, 1.54) is 0 Å². The van der Waals surface area contributed by atoms with Crippen molar-refractivity contribution in [3.05, 3.63) is 20.2 Å². The van der Waals surface area contributed by atoms with Gasteiger partial charge in [0, 0.05) is 47.4 Å². The predicted molar refractivity (Wildman–Crippen MR) is 49.9 cm³/mol. The SMILES string of the molecule is O=C1C2CC3([N+](=O)[O-])CC1CC3([N+](=O)[O-])C2. The number of ketones is 1. The van der Waals surface area contributed by atoms with E-state index in [0.717, 1.165) is 0 Å². The summed E-state index contributed by atoms with van der Waals surface area (Å²) in [5.74, 6) is -0.904. The van der Waals surface area contributed by atoms with Gasteiger partial charge in [-0.15, -0.1) is 0 Å². The molecule has 0 aliphatic heterocycles. The zero-order chi connectivity index (χ0) is 11.7. The number of Topliss-reactive ketones (excluding diaryl/α,β-unsaturated/α-hetero) is 1. The van der Waals surface area contributed by atoms with Gasteiger partial charge in [-0.3, -0.25) is 25.0 Å². The van der Waals surface area contributed by atoms with Crippen molar-refractivity contribution in [3.8, 4) is 0 Å². The van der Waals surface area contributed by atoms with Gasteiger partial charge in [-0.25, -0.2) is 0 Å². The first-order valence-corrected chi connectivity index (χ1v) is 5.26. The Labute approximate surface area is 90.1 Å². The Morgan fingerprint density at radius 3 is 1.50 bits per heavy atom. The summed E-state index contributed by atoms with van der Waals surface area (Å²) >= 11 is 0. The molecule has 0 aromatic carbocycles. The van der Waals surface area contributed by atoms with Gasteiger partial charge in [-0.2, -0.15) is 0 Å². The molecule has 4 aliphatic carbocycles. The smallest absolute Gasteiger partial charge is 0.291 e. The van der Waals surface area contributed by atoms with E-state index in [4.69, 9.17) is 0 Å². The number of carbonyl (C=O) groups is 1. The summed E-state index contributed by atoms with van der Waals surface area (Å²) in [4.78, 5) is 33.1. The summed E-state index contributed by atoms with van der Waals surface area (Å²) < 4.78 is 0. The van der Waals surface area contributed by atoms with E-state index >= 15 is 0 Å². The van der Waals surface area contributed by atoms with E-state index in [9.17, 15) is 25.0 Å². The van der Waals surface area contributed by atoms with E-state index in [2.05, 4.69) is 0 Å². The number of carbonyl (C=O) groups excluding carboxylic acids is 1. The molecule has 0 amide bonds.